The van der Waals surface area contributed by atoms with Crippen molar-refractivity contribution in [1.29, 1.82) is 0 Å². The smallest absolute Gasteiger partial charge is 0.273 e. The monoisotopic (exact) mass is 439 g/mol. The molecule has 0 saturated carbocycles. The summed E-state index contributed by atoms with van der Waals surface area (Å²) < 4.78 is 28.1. The Morgan fingerprint density at radius 3 is 1.97 bits per heavy atom. The predicted molar refractivity (Wildman–Crippen MR) is 121 cm³/mol. The second-order valence-corrected chi connectivity index (χ2v) is 9.22. The first kappa shape index (κ1) is 22.6. The van der Waals surface area contributed by atoms with Crippen molar-refractivity contribution in [2.75, 3.05) is 14.1 Å². The summed E-state index contributed by atoms with van der Waals surface area (Å²) in [5, 5.41) is 14.6. The highest BCUT2D eigenvalue weighted by Crippen LogP contribution is 2.36. The summed E-state index contributed by atoms with van der Waals surface area (Å²) in [4.78, 5) is 10.8. The van der Waals surface area contributed by atoms with E-state index in [0.717, 1.165) is 11.1 Å². The zero-order chi connectivity index (χ0) is 22.4. The molecule has 2 unspecified atom stereocenters. The highest BCUT2D eigenvalue weighted by atomic mass is 32.2. The standard InChI is InChI=1S/C23H25N3O4S/c1-24-22(18-11-5-3-6-12-18)23(19-13-7-4-8-14-19)25(2)31(29,30)17-20-15-9-10-16-21(20)26(27)28/h3-16,22-24H,17H2,1-2H3. The van der Waals surface area contributed by atoms with Gasteiger partial charge in [-0.2, -0.15) is 4.31 Å². The van der Waals surface area contributed by atoms with Crippen LogP contribution in [0.3, 0.4) is 0 Å². The van der Waals surface area contributed by atoms with Gasteiger partial charge in [-0.1, -0.05) is 78.9 Å². The van der Waals surface area contributed by atoms with Crippen molar-refractivity contribution in [1.82, 2.24) is 9.62 Å². The minimum absolute atomic E-state index is 0.159. The third-order valence-corrected chi connectivity index (χ3v) is 7.06. The van der Waals surface area contributed by atoms with E-state index in [2.05, 4.69) is 5.32 Å². The Hall–Kier alpha value is -3.07. The van der Waals surface area contributed by atoms with Gasteiger partial charge in [-0.05, 0) is 18.2 Å². The molecule has 0 radical (unpaired) electrons. The predicted octanol–water partition coefficient (Wildman–Crippen LogP) is 4.06. The summed E-state index contributed by atoms with van der Waals surface area (Å²) >= 11 is 0. The number of rotatable bonds is 9. The molecule has 162 valence electrons. The number of nitrogens with one attached hydrogen (secondary N) is 1. The highest BCUT2D eigenvalue weighted by molar-refractivity contribution is 7.88. The van der Waals surface area contributed by atoms with E-state index >= 15 is 0 Å². The van der Waals surface area contributed by atoms with Gasteiger partial charge in [0.2, 0.25) is 10.0 Å². The second-order valence-electron chi connectivity index (χ2n) is 7.19. The van der Waals surface area contributed by atoms with Gasteiger partial charge in [0.05, 0.1) is 22.8 Å². The Bertz CT molecular complexity index is 1120. The molecule has 0 bridgehead atoms. The fraction of sp³-hybridized carbons (Fsp3) is 0.217. The van der Waals surface area contributed by atoms with E-state index in [1.54, 1.807) is 13.1 Å². The number of para-hydroxylation sites is 1. The number of hydrogen-bond acceptors (Lipinski definition) is 5. The van der Waals surface area contributed by atoms with E-state index < -0.39 is 26.7 Å². The average molecular weight is 440 g/mol. The molecule has 0 aliphatic rings. The number of nitrogens with zero attached hydrogens (tertiary/aromatic N) is 2. The molecule has 0 amide bonds. The molecule has 3 aromatic carbocycles. The lowest BCUT2D eigenvalue weighted by atomic mass is 9.93. The molecule has 0 heterocycles. The quantitative estimate of drug-likeness (QED) is 0.401. The summed E-state index contributed by atoms with van der Waals surface area (Å²) in [6, 6.07) is 24.0. The third-order valence-electron chi connectivity index (χ3n) is 5.28. The van der Waals surface area contributed by atoms with Crippen molar-refractivity contribution >= 4 is 15.7 Å². The van der Waals surface area contributed by atoms with Gasteiger partial charge in [0, 0.05) is 18.7 Å². The minimum Gasteiger partial charge on any atom is -0.311 e. The molecule has 0 fully saturated rings. The Balaban J connectivity index is 2.04. The van der Waals surface area contributed by atoms with E-state index in [1.807, 2.05) is 60.7 Å². The highest BCUT2D eigenvalue weighted by Gasteiger charge is 2.35. The summed E-state index contributed by atoms with van der Waals surface area (Å²) in [5.41, 5.74) is 1.71. The minimum atomic E-state index is -3.89. The second kappa shape index (κ2) is 9.82. The lowest BCUT2D eigenvalue weighted by molar-refractivity contribution is -0.385. The number of sulfonamides is 1. The third kappa shape index (κ3) is 5.16. The maximum absolute atomic E-state index is 13.4. The number of hydrogen-bond donors (Lipinski definition) is 1. The van der Waals surface area contributed by atoms with Crippen molar-refractivity contribution in [3.05, 3.63) is 112 Å². The van der Waals surface area contributed by atoms with Gasteiger partial charge in [0.15, 0.2) is 0 Å². The SMILES string of the molecule is CNC(c1ccccc1)C(c1ccccc1)N(C)S(=O)(=O)Cc1ccccc1[N+](=O)[O-]. The first-order valence-electron chi connectivity index (χ1n) is 9.80. The van der Waals surface area contributed by atoms with Gasteiger partial charge in [-0.15, -0.1) is 0 Å². The van der Waals surface area contributed by atoms with Crippen LogP contribution in [0.25, 0.3) is 0 Å². The summed E-state index contributed by atoms with van der Waals surface area (Å²) in [6.07, 6.45) is 0. The first-order valence-corrected chi connectivity index (χ1v) is 11.4. The summed E-state index contributed by atoms with van der Waals surface area (Å²) in [5.74, 6) is -0.463. The maximum atomic E-state index is 13.4. The van der Waals surface area contributed by atoms with Crippen molar-refractivity contribution in [3.63, 3.8) is 0 Å². The molecule has 7 nitrogen and oxygen atoms in total. The fourth-order valence-electron chi connectivity index (χ4n) is 3.71. The first-order chi connectivity index (χ1) is 14.8. The number of likely N-dealkylation sites (N-methyl/N-ethyl adjacent to an activating group) is 2. The molecule has 0 aliphatic heterocycles. The van der Waals surface area contributed by atoms with Gasteiger partial charge in [-0.3, -0.25) is 10.1 Å². The van der Waals surface area contributed by atoms with Gasteiger partial charge in [-0.25, -0.2) is 8.42 Å². The van der Waals surface area contributed by atoms with Crippen LogP contribution in [0.4, 0.5) is 5.69 Å². The van der Waals surface area contributed by atoms with Gasteiger partial charge in [0.25, 0.3) is 5.69 Å². The largest absolute Gasteiger partial charge is 0.311 e. The molecule has 3 rings (SSSR count). The number of nitro benzene ring substituents is 1. The Labute approximate surface area is 182 Å². The van der Waals surface area contributed by atoms with E-state index in [4.69, 9.17) is 0 Å². The van der Waals surface area contributed by atoms with Crippen LogP contribution in [-0.2, 0) is 15.8 Å². The van der Waals surface area contributed by atoms with Crippen LogP contribution in [0.2, 0.25) is 0 Å². The van der Waals surface area contributed by atoms with Crippen LogP contribution < -0.4 is 5.32 Å². The van der Waals surface area contributed by atoms with E-state index in [-0.39, 0.29) is 17.3 Å². The van der Waals surface area contributed by atoms with Crippen molar-refractivity contribution < 1.29 is 13.3 Å². The molecule has 31 heavy (non-hydrogen) atoms. The molecule has 0 aliphatic carbocycles. The summed E-state index contributed by atoms with van der Waals surface area (Å²) in [7, 11) is -0.580. The Kier molecular flexibility index (Phi) is 7.17. The van der Waals surface area contributed by atoms with E-state index in [0.29, 0.717) is 0 Å². The van der Waals surface area contributed by atoms with Crippen LogP contribution in [0.15, 0.2) is 84.9 Å². The molecule has 2 atom stereocenters. The summed E-state index contributed by atoms with van der Waals surface area (Å²) in [6.45, 7) is 0. The normalized spacial score (nSPS) is 13.6. The van der Waals surface area contributed by atoms with Crippen molar-refractivity contribution in [3.8, 4) is 0 Å². The van der Waals surface area contributed by atoms with Crippen molar-refractivity contribution in [2.45, 2.75) is 17.8 Å². The average Bonchev–Trinajstić information content (AvgIpc) is 2.78. The molecule has 0 saturated heterocycles. The van der Waals surface area contributed by atoms with Crippen molar-refractivity contribution in [2.24, 2.45) is 0 Å². The Morgan fingerprint density at radius 2 is 1.42 bits per heavy atom. The zero-order valence-electron chi connectivity index (χ0n) is 17.4. The van der Waals surface area contributed by atoms with Gasteiger partial charge in [0.1, 0.15) is 0 Å². The van der Waals surface area contributed by atoms with Crippen LogP contribution >= 0.6 is 0 Å². The van der Waals surface area contributed by atoms with E-state index in [9.17, 15) is 18.5 Å². The molecule has 3 aromatic rings. The molecule has 0 aromatic heterocycles. The van der Waals surface area contributed by atoms with Gasteiger partial charge < -0.3 is 5.32 Å². The number of nitro groups is 1. The molecule has 0 spiro atoms. The van der Waals surface area contributed by atoms with Crippen LogP contribution in [0.1, 0.15) is 28.8 Å². The maximum Gasteiger partial charge on any atom is 0.273 e. The lowest BCUT2D eigenvalue weighted by Gasteiger charge is -2.34. The van der Waals surface area contributed by atoms with Crippen LogP contribution in [0.5, 0.6) is 0 Å². The van der Waals surface area contributed by atoms with Gasteiger partial charge >= 0.3 is 0 Å². The lowest BCUT2D eigenvalue weighted by Crippen LogP contribution is -2.39. The number of benzene rings is 3. The molecule has 8 heteroatoms. The molecular formula is C23H25N3O4S. The van der Waals surface area contributed by atoms with Crippen LogP contribution in [-0.4, -0.2) is 31.7 Å². The topological polar surface area (TPSA) is 92.6 Å². The molecule has 1 N–H and O–H groups in total. The fourth-order valence-corrected chi connectivity index (χ4v) is 5.14. The Morgan fingerprint density at radius 1 is 0.903 bits per heavy atom. The zero-order valence-corrected chi connectivity index (χ0v) is 18.2. The van der Waals surface area contributed by atoms with E-state index in [1.165, 1.54) is 29.6 Å². The van der Waals surface area contributed by atoms with Crippen LogP contribution in [0, 0.1) is 10.1 Å². The molecular weight excluding hydrogens is 414 g/mol.